The van der Waals surface area contributed by atoms with Gasteiger partial charge in [-0.3, -0.25) is 4.79 Å². The normalized spacial score (nSPS) is 21.5. The first-order valence-electron chi connectivity index (χ1n) is 9.57. The number of thiophene rings is 1. The summed E-state index contributed by atoms with van der Waals surface area (Å²) in [6.45, 7) is 1.74. The van der Waals surface area contributed by atoms with E-state index < -0.39 is 0 Å². The Kier molecular flexibility index (Phi) is 3.69. The molecule has 1 amide bonds. The van der Waals surface area contributed by atoms with Gasteiger partial charge in [0, 0.05) is 29.8 Å². The van der Waals surface area contributed by atoms with Crippen molar-refractivity contribution in [2.45, 2.75) is 57.3 Å². The van der Waals surface area contributed by atoms with Crippen LogP contribution in [0, 0.1) is 5.92 Å². The molecule has 0 spiro atoms. The molecule has 1 aliphatic heterocycles. The summed E-state index contributed by atoms with van der Waals surface area (Å²) in [5.74, 6) is 2.60. The molecule has 5 nitrogen and oxygen atoms in total. The minimum Gasteiger partial charge on any atom is -0.369 e. The highest BCUT2D eigenvalue weighted by Crippen LogP contribution is 2.44. The Hall–Kier alpha value is -1.69. The number of carbonyl (C=O) groups is 1. The second-order valence-corrected chi connectivity index (χ2v) is 8.82. The standard InChI is InChI=1S/C19H24N4OS/c20-16(24)11-7-9-23(10-8-11)18-15-13-3-1-2-4-14(13)25-19(15)22-17(21-18)12-5-6-12/h11-12H,1-10H2,(H2,20,24). The molecule has 6 heteroatoms. The number of aryl methyl sites for hydroxylation is 2. The summed E-state index contributed by atoms with van der Waals surface area (Å²) in [7, 11) is 0. The van der Waals surface area contributed by atoms with Crippen LogP contribution >= 0.6 is 11.3 Å². The molecule has 1 saturated heterocycles. The lowest BCUT2D eigenvalue weighted by molar-refractivity contribution is -0.122. The molecular formula is C19H24N4OS. The maximum atomic E-state index is 11.5. The SMILES string of the molecule is NC(=O)C1CCN(c2nc(C3CC3)nc3sc4c(c23)CCCC4)CC1. The van der Waals surface area contributed by atoms with Crippen LogP contribution in [-0.2, 0) is 17.6 Å². The molecule has 2 aliphatic carbocycles. The van der Waals surface area contributed by atoms with Crippen molar-refractivity contribution >= 4 is 33.3 Å². The van der Waals surface area contributed by atoms with Crippen molar-refractivity contribution in [2.75, 3.05) is 18.0 Å². The predicted octanol–water partition coefficient (Wildman–Crippen LogP) is 3.15. The second kappa shape index (κ2) is 5.94. The monoisotopic (exact) mass is 356 g/mol. The maximum absolute atomic E-state index is 11.5. The zero-order valence-electron chi connectivity index (χ0n) is 14.5. The zero-order valence-corrected chi connectivity index (χ0v) is 15.3. The molecule has 3 aliphatic rings. The maximum Gasteiger partial charge on any atom is 0.220 e. The van der Waals surface area contributed by atoms with Crippen molar-refractivity contribution in [3.05, 3.63) is 16.3 Å². The summed E-state index contributed by atoms with van der Waals surface area (Å²) in [6, 6.07) is 0. The molecular weight excluding hydrogens is 332 g/mol. The molecule has 25 heavy (non-hydrogen) atoms. The van der Waals surface area contributed by atoms with Gasteiger partial charge in [-0.15, -0.1) is 11.3 Å². The van der Waals surface area contributed by atoms with E-state index in [0.717, 1.165) is 44.0 Å². The van der Waals surface area contributed by atoms with E-state index in [9.17, 15) is 4.79 Å². The largest absolute Gasteiger partial charge is 0.369 e. The Bertz CT molecular complexity index is 834. The predicted molar refractivity (Wildman–Crippen MR) is 100 cm³/mol. The molecule has 0 aromatic carbocycles. The molecule has 2 N–H and O–H groups in total. The first-order valence-corrected chi connectivity index (χ1v) is 10.4. The van der Waals surface area contributed by atoms with Crippen LogP contribution in [0.2, 0.25) is 0 Å². The van der Waals surface area contributed by atoms with Gasteiger partial charge in [-0.25, -0.2) is 9.97 Å². The Morgan fingerprint density at radius 3 is 2.56 bits per heavy atom. The van der Waals surface area contributed by atoms with Gasteiger partial charge in [0.25, 0.3) is 0 Å². The van der Waals surface area contributed by atoms with Crippen LogP contribution in [-0.4, -0.2) is 29.0 Å². The number of hydrogen-bond donors (Lipinski definition) is 1. The molecule has 5 rings (SSSR count). The molecule has 2 aromatic rings. The molecule has 132 valence electrons. The van der Waals surface area contributed by atoms with E-state index in [1.54, 1.807) is 0 Å². The molecule has 0 bridgehead atoms. The highest BCUT2D eigenvalue weighted by atomic mass is 32.1. The number of fused-ring (bicyclic) bond motifs is 3. The molecule has 1 saturated carbocycles. The van der Waals surface area contributed by atoms with Gasteiger partial charge >= 0.3 is 0 Å². The lowest BCUT2D eigenvalue weighted by Crippen LogP contribution is -2.39. The van der Waals surface area contributed by atoms with Crippen molar-refractivity contribution in [3.63, 3.8) is 0 Å². The Morgan fingerprint density at radius 1 is 1.08 bits per heavy atom. The van der Waals surface area contributed by atoms with Crippen LogP contribution in [0.15, 0.2) is 0 Å². The number of amides is 1. The number of aromatic nitrogens is 2. The van der Waals surface area contributed by atoms with Crippen LogP contribution in [0.25, 0.3) is 10.2 Å². The molecule has 0 atom stereocenters. The Morgan fingerprint density at radius 2 is 1.84 bits per heavy atom. The van der Waals surface area contributed by atoms with Gasteiger partial charge in [0.05, 0.1) is 5.39 Å². The number of hydrogen-bond acceptors (Lipinski definition) is 5. The number of rotatable bonds is 3. The fraction of sp³-hybridized carbons (Fsp3) is 0.632. The molecule has 2 fully saturated rings. The molecule has 0 radical (unpaired) electrons. The number of carbonyl (C=O) groups excluding carboxylic acids is 1. The average molecular weight is 356 g/mol. The van der Waals surface area contributed by atoms with Crippen LogP contribution in [0.5, 0.6) is 0 Å². The van der Waals surface area contributed by atoms with Crippen LogP contribution in [0.4, 0.5) is 5.82 Å². The fourth-order valence-electron chi connectivity index (χ4n) is 4.28. The van der Waals surface area contributed by atoms with Gasteiger partial charge in [0.1, 0.15) is 16.5 Å². The topological polar surface area (TPSA) is 72.1 Å². The van der Waals surface area contributed by atoms with E-state index in [1.807, 2.05) is 11.3 Å². The van der Waals surface area contributed by atoms with Crippen molar-refractivity contribution in [1.82, 2.24) is 9.97 Å². The first kappa shape index (κ1) is 15.6. The Labute approximate surface area is 151 Å². The minimum atomic E-state index is -0.154. The summed E-state index contributed by atoms with van der Waals surface area (Å²) in [4.78, 5) is 26.6. The second-order valence-electron chi connectivity index (χ2n) is 7.73. The van der Waals surface area contributed by atoms with Crippen molar-refractivity contribution < 1.29 is 4.79 Å². The van der Waals surface area contributed by atoms with E-state index in [4.69, 9.17) is 15.7 Å². The van der Waals surface area contributed by atoms with E-state index >= 15 is 0 Å². The van der Waals surface area contributed by atoms with E-state index in [2.05, 4.69) is 4.90 Å². The molecule has 2 aromatic heterocycles. The number of primary amides is 1. The highest BCUT2D eigenvalue weighted by molar-refractivity contribution is 7.19. The first-order chi connectivity index (χ1) is 12.2. The van der Waals surface area contributed by atoms with Crippen molar-refractivity contribution in [3.8, 4) is 0 Å². The quantitative estimate of drug-likeness (QED) is 0.917. The lowest BCUT2D eigenvalue weighted by atomic mass is 9.94. The van der Waals surface area contributed by atoms with E-state index in [1.165, 1.54) is 52.8 Å². The third-order valence-electron chi connectivity index (χ3n) is 5.95. The minimum absolute atomic E-state index is 0.0212. The highest BCUT2D eigenvalue weighted by Gasteiger charge is 2.32. The smallest absolute Gasteiger partial charge is 0.220 e. The summed E-state index contributed by atoms with van der Waals surface area (Å²) >= 11 is 1.89. The third kappa shape index (κ3) is 2.71. The van der Waals surface area contributed by atoms with Gasteiger partial charge < -0.3 is 10.6 Å². The van der Waals surface area contributed by atoms with E-state index in [0.29, 0.717) is 5.92 Å². The summed E-state index contributed by atoms with van der Waals surface area (Å²) in [6.07, 6.45) is 9.04. The Balaban J connectivity index is 1.58. The third-order valence-corrected chi connectivity index (χ3v) is 7.14. The van der Waals surface area contributed by atoms with Crippen molar-refractivity contribution in [2.24, 2.45) is 11.7 Å². The lowest BCUT2D eigenvalue weighted by Gasteiger charge is -2.32. The zero-order chi connectivity index (χ0) is 17.0. The molecule has 0 unspecified atom stereocenters. The van der Waals surface area contributed by atoms with Gasteiger partial charge in [0.2, 0.25) is 5.91 Å². The summed E-state index contributed by atoms with van der Waals surface area (Å²) < 4.78 is 0. The summed E-state index contributed by atoms with van der Waals surface area (Å²) in [5.41, 5.74) is 7.01. The fourth-order valence-corrected chi connectivity index (χ4v) is 5.55. The van der Waals surface area contributed by atoms with Crippen LogP contribution < -0.4 is 10.6 Å². The van der Waals surface area contributed by atoms with Gasteiger partial charge in [-0.2, -0.15) is 0 Å². The molecule has 3 heterocycles. The van der Waals surface area contributed by atoms with Crippen LogP contribution in [0.3, 0.4) is 0 Å². The number of nitrogens with two attached hydrogens (primary N) is 1. The van der Waals surface area contributed by atoms with Gasteiger partial charge in [-0.05, 0) is 56.9 Å². The van der Waals surface area contributed by atoms with Gasteiger partial charge in [0.15, 0.2) is 0 Å². The van der Waals surface area contributed by atoms with Crippen molar-refractivity contribution in [1.29, 1.82) is 0 Å². The number of piperidine rings is 1. The summed E-state index contributed by atoms with van der Waals surface area (Å²) in [5, 5.41) is 1.31. The van der Waals surface area contributed by atoms with Crippen LogP contribution in [0.1, 0.15) is 60.7 Å². The van der Waals surface area contributed by atoms with E-state index in [-0.39, 0.29) is 11.8 Å². The van der Waals surface area contributed by atoms with Gasteiger partial charge in [-0.1, -0.05) is 0 Å². The number of anilines is 1. The number of nitrogens with zero attached hydrogens (tertiary/aromatic N) is 3. The average Bonchev–Trinajstić information content (AvgIpc) is 3.41.